The van der Waals surface area contributed by atoms with E-state index in [4.69, 9.17) is 9.47 Å². The van der Waals surface area contributed by atoms with Crippen molar-refractivity contribution in [3.8, 4) is 5.88 Å². The summed E-state index contributed by atoms with van der Waals surface area (Å²) in [6, 6.07) is 1.89. The Hall–Kier alpha value is -1.20. The van der Waals surface area contributed by atoms with Crippen molar-refractivity contribution in [3.63, 3.8) is 0 Å². The second-order valence-electron chi connectivity index (χ2n) is 3.05. The minimum atomic E-state index is 0.0805. The molecule has 5 heteroatoms. The minimum Gasteiger partial charge on any atom is -0.481 e. The van der Waals surface area contributed by atoms with Gasteiger partial charge in [-0.15, -0.1) is 0 Å². The molecule has 1 aromatic rings. The van der Waals surface area contributed by atoms with Crippen LogP contribution in [0.15, 0.2) is 12.4 Å². The Morgan fingerprint density at radius 1 is 1.40 bits per heavy atom. The Labute approximate surface area is 89.8 Å². The van der Waals surface area contributed by atoms with Crippen LogP contribution in [0.4, 0.5) is 0 Å². The fourth-order valence-electron chi connectivity index (χ4n) is 1.32. The first kappa shape index (κ1) is 11.9. The van der Waals surface area contributed by atoms with Crippen LogP contribution in [0.2, 0.25) is 0 Å². The molecule has 1 rings (SSSR count). The van der Waals surface area contributed by atoms with Crippen LogP contribution in [0, 0.1) is 0 Å². The summed E-state index contributed by atoms with van der Waals surface area (Å²) >= 11 is 0. The zero-order valence-corrected chi connectivity index (χ0v) is 9.36. The predicted octanol–water partition coefficient (Wildman–Crippen LogP) is 0.782. The van der Waals surface area contributed by atoms with Crippen LogP contribution in [-0.4, -0.2) is 37.3 Å². The molecule has 0 bridgehead atoms. The van der Waals surface area contributed by atoms with Crippen molar-refractivity contribution in [2.45, 2.75) is 13.0 Å². The molecular weight excluding hydrogens is 194 g/mol. The lowest BCUT2D eigenvalue weighted by molar-refractivity contribution is 0.166. The molecule has 0 fully saturated rings. The van der Waals surface area contributed by atoms with Gasteiger partial charge in [-0.1, -0.05) is 6.92 Å². The van der Waals surface area contributed by atoms with Crippen molar-refractivity contribution in [3.05, 3.63) is 18.1 Å². The molecule has 5 nitrogen and oxygen atoms in total. The van der Waals surface area contributed by atoms with Gasteiger partial charge in [-0.05, 0) is 6.54 Å². The molecule has 0 saturated heterocycles. The van der Waals surface area contributed by atoms with Gasteiger partial charge < -0.3 is 14.8 Å². The number of methoxy groups -OCH3 is 2. The maximum Gasteiger partial charge on any atom is 0.216 e. The van der Waals surface area contributed by atoms with Crippen LogP contribution >= 0.6 is 0 Å². The SMILES string of the molecule is CCNC(COC)c1cc(OC)ncn1. The van der Waals surface area contributed by atoms with Crippen molar-refractivity contribution in [2.24, 2.45) is 0 Å². The Morgan fingerprint density at radius 2 is 2.20 bits per heavy atom. The number of nitrogens with zero attached hydrogens (tertiary/aromatic N) is 2. The molecule has 0 aliphatic heterocycles. The fourth-order valence-corrected chi connectivity index (χ4v) is 1.32. The van der Waals surface area contributed by atoms with E-state index in [-0.39, 0.29) is 6.04 Å². The number of hydrogen-bond donors (Lipinski definition) is 1. The molecule has 0 aliphatic carbocycles. The standard InChI is InChI=1S/C10H17N3O2/c1-4-11-9(6-14-2)8-5-10(15-3)13-7-12-8/h5,7,9,11H,4,6H2,1-3H3. The first-order valence-corrected chi connectivity index (χ1v) is 4.90. The number of likely N-dealkylation sites (N-methyl/N-ethyl adjacent to an activating group) is 1. The summed E-state index contributed by atoms with van der Waals surface area (Å²) in [5.41, 5.74) is 0.880. The molecular formula is C10H17N3O2. The summed E-state index contributed by atoms with van der Waals surface area (Å²) in [6.45, 7) is 3.48. The highest BCUT2D eigenvalue weighted by atomic mass is 16.5. The maximum absolute atomic E-state index is 5.12. The first-order chi connectivity index (χ1) is 7.31. The van der Waals surface area contributed by atoms with E-state index in [1.165, 1.54) is 6.33 Å². The lowest BCUT2D eigenvalue weighted by Gasteiger charge is -2.16. The van der Waals surface area contributed by atoms with Gasteiger partial charge >= 0.3 is 0 Å². The fraction of sp³-hybridized carbons (Fsp3) is 0.600. The van der Waals surface area contributed by atoms with Crippen molar-refractivity contribution in [1.29, 1.82) is 0 Å². The molecule has 1 aromatic heterocycles. The van der Waals surface area contributed by atoms with E-state index >= 15 is 0 Å². The third kappa shape index (κ3) is 3.45. The largest absolute Gasteiger partial charge is 0.481 e. The number of rotatable bonds is 6. The molecule has 1 unspecified atom stereocenters. The zero-order valence-electron chi connectivity index (χ0n) is 9.36. The summed E-state index contributed by atoms with van der Waals surface area (Å²) in [6.07, 6.45) is 1.49. The lowest BCUT2D eigenvalue weighted by Crippen LogP contribution is -2.25. The highest BCUT2D eigenvalue weighted by molar-refractivity contribution is 5.16. The molecule has 0 spiro atoms. The molecule has 84 valence electrons. The molecule has 15 heavy (non-hydrogen) atoms. The molecule has 0 saturated carbocycles. The van der Waals surface area contributed by atoms with Crippen LogP contribution in [0.25, 0.3) is 0 Å². The van der Waals surface area contributed by atoms with Gasteiger partial charge in [0.2, 0.25) is 5.88 Å². The molecule has 0 radical (unpaired) electrons. The Bertz CT molecular complexity index is 288. The third-order valence-electron chi connectivity index (χ3n) is 2.01. The van der Waals surface area contributed by atoms with Gasteiger partial charge in [-0.2, -0.15) is 0 Å². The minimum absolute atomic E-state index is 0.0805. The number of nitrogens with one attached hydrogen (secondary N) is 1. The van der Waals surface area contributed by atoms with Gasteiger partial charge in [-0.3, -0.25) is 0 Å². The second kappa shape index (κ2) is 6.31. The molecule has 0 aliphatic rings. The molecule has 1 N–H and O–H groups in total. The quantitative estimate of drug-likeness (QED) is 0.753. The van der Waals surface area contributed by atoms with E-state index in [1.807, 2.05) is 13.0 Å². The second-order valence-corrected chi connectivity index (χ2v) is 3.05. The van der Waals surface area contributed by atoms with Crippen molar-refractivity contribution in [2.75, 3.05) is 27.4 Å². The van der Waals surface area contributed by atoms with E-state index in [0.29, 0.717) is 12.5 Å². The lowest BCUT2D eigenvalue weighted by atomic mass is 10.2. The van der Waals surface area contributed by atoms with E-state index in [2.05, 4.69) is 15.3 Å². The summed E-state index contributed by atoms with van der Waals surface area (Å²) in [5, 5.41) is 3.28. The molecule has 0 aromatic carbocycles. The molecule has 1 heterocycles. The third-order valence-corrected chi connectivity index (χ3v) is 2.01. The van der Waals surface area contributed by atoms with Gasteiger partial charge in [0.05, 0.1) is 25.5 Å². The summed E-state index contributed by atoms with van der Waals surface area (Å²) in [7, 11) is 3.26. The average molecular weight is 211 g/mol. The monoisotopic (exact) mass is 211 g/mol. The smallest absolute Gasteiger partial charge is 0.216 e. The van der Waals surface area contributed by atoms with E-state index in [0.717, 1.165) is 12.2 Å². The topological polar surface area (TPSA) is 56.3 Å². The van der Waals surface area contributed by atoms with Crippen LogP contribution in [0.1, 0.15) is 18.7 Å². The van der Waals surface area contributed by atoms with Gasteiger partial charge in [0.25, 0.3) is 0 Å². The van der Waals surface area contributed by atoms with Gasteiger partial charge in [0.1, 0.15) is 6.33 Å². The Kier molecular flexibility index (Phi) is 5.00. The summed E-state index contributed by atoms with van der Waals surface area (Å²) < 4.78 is 10.2. The highest BCUT2D eigenvalue weighted by Crippen LogP contribution is 2.14. The normalized spacial score (nSPS) is 12.5. The van der Waals surface area contributed by atoms with Crippen LogP contribution in [-0.2, 0) is 4.74 Å². The number of ether oxygens (including phenoxy) is 2. The van der Waals surface area contributed by atoms with Crippen LogP contribution in [0.5, 0.6) is 5.88 Å². The molecule has 0 amide bonds. The van der Waals surface area contributed by atoms with Crippen molar-refractivity contribution in [1.82, 2.24) is 15.3 Å². The van der Waals surface area contributed by atoms with Gasteiger partial charge in [0.15, 0.2) is 0 Å². The number of aromatic nitrogens is 2. The van der Waals surface area contributed by atoms with Crippen LogP contribution < -0.4 is 10.1 Å². The van der Waals surface area contributed by atoms with Gasteiger partial charge in [-0.25, -0.2) is 9.97 Å². The molecule has 1 atom stereocenters. The van der Waals surface area contributed by atoms with Crippen LogP contribution in [0.3, 0.4) is 0 Å². The highest BCUT2D eigenvalue weighted by Gasteiger charge is 2.12. The zero-order chi connectivity index (χ0) is 11.1. The van der Waals surface area contributed by atoms with Crippen molar-refractivity contribution < 1.29 is 9.47 Å². The average Bonchev–Trinajstić information content (AvgIpc) is 2.29. The summed E-state index contributed by atoms with van der Waals surface area (Å²) in [4.78, 5) is 8.15. The first-order valence-electron chi connectivity index (χ1n) is 4.90. The van der Waals surface area contributed by atoms with Crippen molar-refractivity contribution >= 4 is 0 Å². The Morgan fingerprint density at radius 3 is 2.80 bits per heavy atom. The van der Waals surface area contributed by atoms with E-state index in [9.17, 15) is 0 Å². The van der Waals surface area contributed by atoms with E-state index < -0.39 is 0 Å². The predicted molar refractivity (Wildman–Crippen MR) is 56.9 cm³/mol. The van der Waals surface area contributed by atoms with E-state index in [1.54, 1.807) is 14.2 Å². The Balaban J connectivity index is 2.79. The summed E-state index contributed by atoms with van der Waals surface area (Å²) in [5.74, 6) is 0.569. The number of hydrogen-bond acceptors (Lipinski definition) is 5. The van der Waals surface area contributed by atoms with Gasteiger partial charge in [0, 0.05) is 13.2 Å². The maximum atomic E-state index is 5.12.